The molecule has 1 spiro atoms. The van der Waals surface area contributed by atoms with E-state index in [1.165, 1.54) is 51.4 Å². The Hall–Kier alpha value is -4.84. The van der Waals surface area contributed by atoms with E-state index in [1.807, 2.05) is 31.6 Å². The lowest BCUT2D eigenvalue weighted by atomic mass is 9.60. The van der Waals surface area contributed by atoms with E-state index in [1.54, 1.807) is 30.1 Å². The SMILES string of the molecule is COc1cc(N2CCN(C3CC4(CCNCC4)C3)CC2)c(-c2cnn(C)c2)cc1Nc1ncc(Br)c(Nc2ccc3nccnc3c2[P+](C)(C)OC(=[O+][O-])C(F)(F)F)n1. The first-order valence-electron chi connectivity index (χ1n) is 19.2. The maximum atomic E-state index is 13.6. The molecule has 0 bridgehead atoms. The maximum absolute atomic E-state index is 13.6. The van der Waals surface area contributed by atoms with Gasteiger partial charge in [0.2, 0.25) is 11.3 Å². The van der Waals surface area contributed by atoms with E-state index in [-0.39, 0.29) is 22.6 Å². The van der Waals surface area contributed by atoms with E-state index >= 15 is 0 Å². The molecule has 3 aromatic heterocycles. The van der Waals surface area contributed by atoms with Gasteiger partial charge >= 0.3 is 19.6 Å². The molecule has 59 heavy (non-hydrogen) atoms. The third-order valence-electron chi connectivity index (χ3n) is 11.5. The topological polar surface area (TPSA) is 165 Å². The number of hydrogen-bond donors (Lipinski definition) is 3. The first-order valence-corrected chi connectivity index (χ1v) is 22.6. The average molecular weight is 900 g/mol. The van der Waals surface area contributed by atoms with Gasteiger partial charge in [-0.15, -0.1) is 0 Å². The average Bonchev–Trinajstić information content (AvgIpc) is 3.65. The normalized spacial score (nSPS) is 17.9. The Bertz CT molecular complexity index is 2360. The first-order chi connectivity index (χ1) is 28.3. The van der Waals surface area contributed by atoms with Gasteiger partial charge in [-0.1, -0.05) is 0 Å². The number of benzene rings is 2. The van der Waals surface area contributed by atoms with Crippen LogP contribution in [0, 0.1) is 5.41 Å². The fourth-order valence-corrected chi connectivity index (χ4v) is 10.9. The second-order valence-corrected chi connectivity index (χ2v) is 19.8. The smallest absolute Gasteiger partial charge is 0.588 e. The number of carbonyl (C=O) groups excluding carboxylic acids is 1. The predicted molar refractivity (Wildman–Crippen MR) is 223 cm³/mol. The zero-order valence-electron chi connectivity index (χ0n) is 33.0. The summed E-state index contributed by atoms with van der Waals surface area (Å²) < 4.78 is 57.8. The predicted octanol–water partition coefficient (Wildman–Crippen LogP) is 5.47. The number of hydrogen-bond acceptors (Lipinski definition) is 13. The number of nitrogens with zero attached hydrogens (tertiary/aromatic N) is 8. The number of piperidine rings is 1. The number of aromatic nitrogens is 6. The summed E-state index contributed by atoms with van der Waals surface area (Å²) in [6.07, 6.45) is 8.28. The molecule has 5 heterocycles. The van der Waals surface area contributed by atoms with Crippen molar-refractivity contribution in [3.05, 3.63) is 59.7 Å². The highest BCUT2D eigenvalue weighted by Crippen LogP contribution is 2.56. The number of rotatable bonds is 10. The number of ether oxygens (including phenoxy) is 1. The van der Waals surface area contributed by atoms with Crippen molar-refractivity contribution in [2.45, 2.75) is 37.9 Å². The number of aryl methyl sites for hydroxylation is 1. The Labute approximate surface area is 347 Å². The minimum absolute atomic E-state index is 0.208. The van der Waals surface area contributed by atoms with Gasteiger partial charge in [-0.3, -0.25) is 19.1 Å². The minimum atomic E-state index is -5.14. The third kappa shape index (κ3) is 8.47. The van der Waals surface area contributed by atoms with Crippen molar-refractivity contribution in [3.63, 3.8) is 0 Å². The number of alkyl halides is 3. The van der Waals surface area contributed by atoms with E-state index in [0.717, 1.165) is 56.1 Å². The van der Waals surface area contributed by atoms with Crippen LogP contribution in [0.2, 0.25) is 0 Å². The summed E-state index contributed by atoms with van der Waals surface area (Å²) in [4.78, 5) is 23.1. The fraction of sp³-hybridized carbons (Fsp3) is 0.436. The van der Waals surface area contributed by atoms with E-state index in [0.29, 0.717) is 38.6 Å². The fourth-order valence-electron chi connectivity index (χ4n) is 8.58. The number of halogens is 4. The highest BCUT2D eigenvalue weighted by Gasteiger charge is 2.59. The van der Waals surface area contributed by atoms with E-state index in [2.05, 4.69) is 66.3 Å². The van der Waals surface area contributed by atoms with Crippen molar-refractivity contribution in [1.82, 2.24) is 39.9 Å². The lowest BCUT2D eigenvalue weighted by Crippen LogP contribution is -2.58. The van der Waals surface area contributed by atoms with Crippen LogP contribution in [0.15, 0.2) is 59.7 Å². The molecule has 15 nitrogen and oxygen atoms in total. The molecule has 0 radical (unpaired) electrons. The molecule has 2 aromatic carbocycles. The number of methoxy groups -OCH3 is 1. The van der Waals surface area contributed by atoms with Crippen LogP contribution in [0.1, 0.15) is 25.7 Å². The monoisotopic (exact) mass is 898 g/mol. The largest absolute Gasteiger partial charge is 0.645 e. The molecule has 3 fully saturated rings. The van der Waals surface area contributed by atoms with Crippen LogP contribution in [0.4, 0.5) is 42.0 Å². The maximum Gasteiger partial charge on any atom is 0.645 e. The van der Waals surface area contributed by atoms with E-state index in [4.69, 9.17) is 14.2 Å². The van der Waals surface area contributed by atoms with Crippen molar-refractivity contribution >= 4 is 74.6 Å². The standard InChI is InChI=1S/C39H45BrF3N11O4P/c1-52-23-24(21-48-52)26-17-30(32(56-2)18-31(26)54-15-13-53(14-16-54)25-19-38(20-25)7-9-44-10-8-38)50-37-47-22-27(40)35(51-37)49-29-6-5-28-33(46-12-11-45-28)34(29)59(3,4)58-36(57-55)39(41,42)43/h5-6,11-12,17-18,21-23,25,44H,7-10,13-16,19-20H2,1-4H3,(H2,47,49,50,51)/q+1. The van der Waals surface area contributed by atoms with Crippen molar-refractivity contribution in [1.29, 1.82) is 0 Å². The molecule has 1 saturated carbocycles. The van der Waals surface area contributed by atoms with Crippen molar-refractivity contribution in [2.24, 2.45) is 12.5 Å². The van der Waals surface area contributed by atoms with Gasteiger partial charge in [0.1, 0.15) is 24.6 Å². The van der Waals surface area contributed by atoms with Gasteiger partial charge in [0.05, 0.1) is 34.7 Å². The Morgan fingerprint density at radius 1 is 1.02 bits per heavy atom. The first kappa shape index (κ1) is 40.9. The quantitative estimate of drug-likeness (QED) is 0.0701. The van der Waals surface area contributed by atoms with Crippen LogP contribution in [-0.4, -0.2) is 113 Å². The zero-order valence-corrected chi connectivity index (χ0v) is 35.5. The summed E-state index contributed by atoms with van der Waals surface area (Å²) in [7, 11) is 0.207. The molecule has 0 unspecified atom stereocenters. The molecule has 2 saturated heterocycles. The van der Waals surface area contributed by atoms with Crippen LogP contribution in [0.5, 0.6) is 5.75 Å². The summed E-state index contributed by atoms with van der Waals surface area (Å²) in [5.74, 6) is -0.922. The Kier molecular flexibility index (Phi) is 11.3. The van der Waals surface area contributed by atoms with Gasteiger partial charge in [-0.25, -0.2) is 9.97 Å². The summed E-state index contributed by atoms with van der Waals surface area (Å²) >= 11 is 3.52. The molecule has 20 heteroatoms. The highest BCUT2D eigenvalue weighted by atomic mass is 79.9. The molecular formula is C39H45BrF3N11O4P+. The molecule has 312 valence electrons. The Morgan fingerprint density at radius 2 is 1.76 bits per heavy atom. The zero-order chi connectivity index (χ0) is 41.5. The molecule has 3 aliphatic rings. The third-order valence-corrected chi connectivity index (χ3v) is 14.3. The van der Waals surface area contributed by atoms with Gasteiger partial charge in [0.15, 0.2) is 5.82 Å². The van der Waals surface area contributed by atoms with E-state index < -0.39 is 19.6 Å². The lowest BCUT2D eigenvalue weighted by molar-refractivity contribution is -1.05. The molecule has 0 amide bonds. The van der Waals surface area contributed by atoms with Crippen molar-refractivity contribution in [2.75, 3.05) is 75.2 Å². The van der Waals surface area contributed by atoms with Gasteiger partial charge in [0, 0.05) is 86.9 Å². The highest BCUT2D eigenvalue weighted by molar-refractivity contribution is 9.10. The van der Waals surface area contributed by atoms with Gasteiger partial charge in [-0.05, 0) is 78.3 Å². The van der Waals surface area contributed by atoms with Crippen LogP contribution in [0.3, 0.4) is 0 Å². The van der Waals surface area contributed by atoms with Gasteiger partial charge in [-0.2, -0.15) is 27.8 Å². The molecule has 1 aliphatic carbocycles. The van der Waals surface area contributed by atoms with Crippen molar-refractivity contribution < 1.29 is 32.3 Å². The Morgan fingerprint density at radius 3 is 2.44 bits per heavy atom. The summed E-state index contributed by atoms with van der Waals surface area (Å²) in [6, 6.07) is 8.02. The molecule has 0 atom stereocenters. The second kappa shape index (κ2) is 16.3. The van der Waals surface area contributed by atoms with Gasteiger partial charge < -0.3 is 30.8 Å². The summed E-state index contributed by atoms with van der Waals surface area (Å²) in [5.41, 5.74) is 5.12. The number of fused-ring (bicyclic) bond motifs is 1. The molecule has 5 aromatic rings. The molecular weight excluding hydrogens is 854 g/mol. The second-order valence-electron chi connectivity index (χ2n) is 15.6. The van der Waals surface area contributed by atoms with Crippen LogP contribution < -0.4 is 36.1 Å². The molecule has 2 aliphatic heterocycles. The molecule has 8 rings (SSSR count). The summed E-state index contributed by atoms with van der Waals surface area (Å²) in [5, 5.41) is 26.0. The summed E-state index contributed by atoms with van der Waals surface area (Å²) in [6.45, 7) is 8.95. The Balaban J connectivity index is 1.07. The number of nitrogens with one attached hydrogen (secondary N) is 3. The van der Waals surface area contributed by atoms with Crippen LogP contribution >= 0.6 is 23.4 Å². The van der Waals surface area contributed by atoms with Crippen LogP contribution in [0.25, 0.3) is 22.2 Å². The minimum Gasteiger partial charge on any atom is -0.588 e. The lowest BCUT2D eigenvalue weighted by Gasteiger charge is -2.55. The van der Waals surface area contributed by atoms with Crippen molar-refractivity contribution in [3.8, 4) is 16.9 Å². The van der Waals surface area contributed by atoms with E-state index in [9.17, 15) is 18.4 Å². The van der Waals surface area contributed by atoms with Crippen LogP contribution in [-0.2, 0) is 16.1 Å². The molecule has 3 N–H and O–H groups in total. The number of piperazine rings is 1. The number of anilines is 5. The van der Waals surface area contributed by atoms with Gasteiger partial charge in [0.25, 0.3) is 0 Å².